The van der Waals surface area contributed by atoms with Crippen LogP contribution >= 0.6 is 11.6 Å². The molecule has 29 heavy (non-hydrogen) atoms. The second-order valence-corrected chi connectivity index (χ2v) is 8.42. The molecule has 3 unspecified atom stereocenters. The Kier molecular flexibility index (Phi) is 5.89. The van der Waals surface area contributed by atoms with Crippen LogP contribution in [0.5, 0.6) is 0 Å². The largest absolute Gasteiger partial charge is 0.327 e. The van der Waals surface area contributed by atoms with Crippen molar-refractivity contribution in [3.05, 3.63) is 82.9 Å². The van der Waals surface area contributed by atoms with Crippen molar-refractivity contribution in [3.63, 3.8) is 0 Å². The maximum atomic E-state index is 13.7. The fraction of sp³-hybridized carbons (Fsp3) is 0.320. The van der Waals surface area contributed by atoms with Gasteiger partial charge in [0.1, 0.15) is 0 Å². The molecule has 4 rings (SSSR count). The molecule has 0 aromatic heterocycles. The Morgan fingerprint density at radius 3 is 2.45 bits per heavy atom. The number of nitrogens with two attached hydrogens (primary N) is 1. The van der Waals surface area contributed by atoms with E-state index < -0.39 is 0 Å². The van der Waals surface area contributed by atoms with Gasteiger partial charge in [0.15, 0.2) is 0 Å². The van der Waals surface area contributed by atoms with Gasteiger partial charge in [-0.15, -0.1) is 0 Å². The van der Waals surface area contributed by atoms with E-state index in [1.807, 2.05) is 23.1 Å². The molecule has 0 heterocycles. The summed E-state index contributed by atoms with van der Waals surface area (Å²) >= 11 is 6.05. The summed E-state index contributed by atoms with van der Waals surface area (Å²) in [6.45, 7) is 2.12. The van der Waals surface area contributed by atoms with Crippen LogP contribution in [-0.2, 0) is 0 Å². The average molecular weight is 407 g/mol. The van der Waals surface area contributed by atoms with Gasteiger partial charge >= 0.3 is 0 Å². The van der Waals surface area contributed by atoms with Crippen LogP contribution in [0.3, 0.4) is 0 Å². The van der Waals surface area contributed by atoms with Crippen molar-refractivity contribution >= 4 is 28.3 Å². The molecular formula is C25H27ClN2O. The number of fused-ring (bicyclic) bond motifs is 1. The Balaban J connectivity index is 1.78. The molecule has 3 aromatic rings. The quantitative estimate of drug-likeness (QED) is 0.580. The van der Waals surface area contributed by atoms with Gasteiger partial charge in [0.2, 0.25) is 0 Å². The molecule has 3 nitrogen and oxygen atoms in total. The molecule has 1 aliphatic carbocycles. The van der Waals surface area contributed by atoms with Crippen LogP contribution in [0.15, 0.2) is 66.7 Å². The van der Waals surface area contributed by atoms with E-state index in [4.69, 9.17) is 17.3 Å². The minimum Gasteiger partial charge on any atom is -0.327 e. The van der Waals surface area contributed by atoms with E-state index in [1.165, 1.54) is 10.8 Å². The summed E-state index contributed by atoms with van der Waals surface area (Å²) in [4.78, 5) is 15.7. The highest BCUT2D eigenvalue weighted by atomic mass is 35.5. The van der Waals surface area contributed by atoms with E-state index in [2.05, 4.69) is 43.3 Å². The summed E-state index contributed by atoms with van der Waals surface area (Å²) in [6, 6.07) is 21.8. The number of rotatable bonds is 4. The molecule has 0 bridgehead atoms. The third-order valence-corrected chi connectivity index (χ3v) is 6.41. The second kappa shape index (κ2) is 8.56. The van der Waals surface area contributed by atoms with E-state index in [-0.39, 0.29) is 24.0 Å². The molecule has 3 atom stereocenters. The average Bonchev–Trinajstić information content (AvgIpc) is 2.75. The van der Waals surface area contributed by atoms with Crippen LogP contribution in [0.25, 0.3) is 10.8 Å². The lowest BCUT2D eigenvalue weighted by Gasteiger charge is -2.42. The minimum absolute atomic E-state index is 0.00238. The molecule has 150 valence electrons. The van der Waals surface area contributed by atoms with E-state index in [1.54, 1.807) is 12.1 Å². The van der Waals surface area contributed by atoms with Crippen molar-refractivity contribution < 1.29 is 4.79 Å². The monoisotopic (exact) mass is 406 g/mol. The fourth-order valence-electron chi connectivity index (χ4n) is 4.61. The molecular weight excluding hydrogens is 380 g/mol. The summed E-state index contributed by atoms with van der Waals surface area (Å²) in [6.07, 6.45) is 4.13. The molecule has 3 aromatic carbocycles. The first-order valence-electron chi connectivity index (χ1n) is 10.4. The standard InChI is InChI=1S/C25H27ClN2O/c1-17(21-10-6-8-18-7-2-3-9-22(18)21)28(24-12-5-4-11-23(24)27)25(29)19-13-15-20(26)16-14-19/h2-3,6-10,13-17,23-24H,4-5,11-12,27H2,1H3. The second-order valence-electron chi connectivity index (χ2n) is 7.98. The zero-order valence-corrected chi connectivity index (χ0v) is 17.5. The first-order valence-corrected chi connectivity index (χ1v) is 10.8. The van der Waals surface area contributed by atoms with Gasteiger partial charge in [-0.3, -0.25) is 4.79 Å². The summed E-state index contributed by atoms with van der Waals surface area (Å²) in [7, 11) is 0. The van der Waals surface area contributed by atoms with Crippen LogP contribution in [0.1, 0.15) is 54.6 Å². The molecule has 0 radical (unpaired) electrons. The normalized spacial score (nSPS) is 20.4. The minimum atomic E-state index is -0.0848. The molecule has 1 amide bonds. The Morgan fingerprint density at radius 1 is 1.00 bits per heavy atom. The molecule has 0 aliphatic heterocycles. The van der Waals surface area contributed by atoms with Crippen molar-refractivity contribution in [2.75, 3.05) is 0 Å². The molecule has 2 N–H and O–H groups in total. The van der Waals surface area contributed by atoms with Crippen molar-refractivity contribution in [2.45, 2.75) is 50.7 Å². The number of hydrogen-bond donors (Lipinski definition) is 1. The van der Waals surface area contributed by atoms with Crippen LogP contribution in [0, 0.1) is 0 Å². The molecule has 0 spiro atoms. The lowest BCUT2D eigenvalue weighted by Crippen LogP contribution is -2.52. The third-order valence-electron chi connectivity index (χ3n) is 6.16. The van der Waals surface area contributed by atoms with Crippen LogP contribution in [-0.4, -0.2) is 22.9 Å². The zero-order valence-electron chi connectivity index (χ0n) is 16.7. The van der Waals surface area contributed by atoms with Crippen LogP contribution in [0.2, 0.25) is 5.02 Å². The number of nitrogens with zero attached hydrogens (tertiary/aromatic N) is 1. The SMILES string of the molecule is CC(c1cccc2ccccc12)N(C(=O)c1ccc(Cl)cc1)C1CCCCC1N. The highest BCUT2D eigenvalue weighted by molar-refractivity contribution is 6.30. The lowest BCUT2D eigenvalue weighted by atomic mass is 9.87. The Hall–Kier alpha value is -2.36. The van der Waals surface area contributed by atoms with Crippen molar-refractivity contribution in [3.8, 4) is 0 Å². The molecule has 1 aliphatic rings. The Bertz CT molecular complexity index is 996. The van der Waals surface area contributed by atoms with Gasteiger partial charge in [-0.05, 0) is 60.4 Å². The number of amides is 1. The van der Waals surface area contributed by atoms with Gasteiger partial charge in [-0.1, -0.05) is 66.9 Å². The van der Waals surface area contributed by atoms with E-state index in [0.29, 0.717) is 10.6 Å². The first-order chi connectivity index (χ1) is 14.1. The summed E-state index contributed by atoms with van der Waals surface area (Å²) in [5.74, 6) is 0.0180. The molecule has 1 saturated carbocycles. The maximum Gasteiger partial charge on any atom is 0.254 e. The van der Waals surface area contributed by atoms with E-state index >= 15 is 0 Å². The Morgan fingerprint density at radius 2 is 1.69 bits per heavy atom. The number of halogens is 1. The number of carbonyl (C=O) groups excluding carboxylic acids is 1. The summed E-state index contributed by atoms with van der Waals surface area (Å²) in [5, 5.41) is 2.99. The van der Waals surface area contributed by atoms with Crippen molar-refractivity contribution in [2.24, 2.45) is 5.73 Å². The predicted molar refractivity (Wildman–Crippen MR) is 120 cm³/mol. The van der Waals surface area contributed by atoms with E-state index in [0.717, 1.165) is 31.2 Å². The third kappa shape index (κ3) is 4.03. The summed E-state index contributed by atoms with van der Waals surface area (Å²) < 4.78 is 0. The van der Waals surface area contributed by atoms with Gasteiger partial charge in [-0.25, -0.2) is 0 Å². The number of carbonyl (C=O) groups is 1. The van der Waals surface area contributed by atoms with Gasteiger partial charge in [0, 0.05) is 22.7 Å². The zero-order chi connectivity index (χ0) is 20.4. The number of benzene rings is 3. The predicted octanol–water partition coefficient (Wildman–Crippen LogP) is 5.97. The highest BCUT2D eigenvalue weighted by Gasteiger charge is 2.35. The van der Waals surface area contributed by atoms with E-state index in [9.17, 15) is 4.79 Å². The van der Waals surface area contributed by atoms with Crippen molar-refractivity contribution in [1.29, 1.82) is 0 Å². The van der Waals surface area contributed by atoms with Gasteiger partial charge in [0.25, 0.3) is 5.91 Å². The molecule has 0 saturated heterocycles. The van der Waals surface area contributed by atoms with Crippen molar-refractivity contribution in [1.82, 2.24) is 4.90 Å². The number of hydrogen-bond acceptors (Lipinski definition) is 2. The first kappa shape index (κ1) is 19.9. The summed E-state index contributed by atoms with van der Waals surface area (Å²) in [5.41, 5.74) is 8.34. The molecule has 1 fully saturated rings. The van der Waals surface area contributed by atoms with Gasteiger partial charge < -0.3 is 10.6 Å². The van der Waals surface area contributed by atoms with Gasteiger partial charge in [-0.2, -0.15) is 0 Å². The topological polar surface area (TPSA) is 46.3 Å². The highest BCUT2D eigenvalue weighted by Crippen LogP contribution is 2.34. The fourth-order valence-corrected chi connectivity index (χ4v) is 4.73. The Labute approximate surface area is 177 Å². The molecule has 4 heteroatoms. The lowest BCUT2D eigenvalue weighted by molar-refractivity contribution is 0.0496. The smallest absolute Gasteiger partial charge is 0.254 e. The maximum absolute atomic E-state index is 13.7. The van der Waals surface area contributed by atoms with Gasteiger partial charge in [0.05, 0.1) is 6.04 Å². The van der Waals surface area contributed by atoms with Crippen LogP contribution in [0.4, 0.5) is 0 Å². The van der Waals surface area contributed by atoms with Crippen LogP contribution < -0.4 is 5.73 Å².